The van der Waals surface area contributed by atoms with Gasteiger partial charge in [0.05, 0.1) is 18.2 Å². The molecule has 2 aromatic rings. The molecule has 0 saturated carbocycles. The molecule has 0 bridgehead atoms. The van der Waals surface area contributed by atoms with Crippen LogP contribution in [-0.2, 0) is 20.9 Å². The Kier molecular flexibility index (Phi) is 7.88. The predicted molar refractivity (Wildman–Crippen MR) is 106 cm³/mol. The minimum absolute atomic E-state index is 0.522. The Labute approximate surface area is 160 Å². The highest BCUT2D eigenvalue weighted by Crippen LogP contribution is 2.49. The molecule has 1 aromatic carbocycles. The van der Waals surface area contributed by atoms with E-state index in [1.54, 1.807) is 12.1 Å². The van der Waals surface area contributed by atoms with E-state index in [2.05, 4.69) is 15.3 Å². The van der Waals surface area contributed by atoms with Crippen molar-refractivity contribution in [1.29, 1.82) is 0 Å². The molecule has 0 aliphatic rings. The van der Waals surface area contributed by atoms with Gasteiger partial charge in [-0.05, 0) is 42.8 Å². The van der Waals surface area contributed by atoms with Crippen LogP contribution in [0.15, 0.2) is 18.2 Å². The van der Waals surface area contributed by atoms with Gasteiger partial charge in [-0.1, -0.05) is 48.4 Å². The molecule has 2 rings (SSSR count). The lowest BCUT2D eigenvalue weighted by atomic mass is 10.2. The first kappa shape index (κ1) is 20.0. The summed E-state index contributed by atoms with van der Waals surface area (Å²) < 4.78 is 11.5. The highest BCUT2D eigenvalue weighted by Gasteiger charge is 2.21. The highest BCUT2D eigenvalue weighted by atomic mass is 35.5. The standard InChI is InChI=1S/C14H18Cl2N3O2PS2/c1-3-7-20-22(23,21-8-4-2)19-14-18-17-13(24-14)11-6-5-10(15)9-12(11)16/h5-6,9H,3-4,7-8H2,1-2H3,(H,18,19,23). The van der Waals surface area contributed by atoms with Crippen molar-refractivity contribution >= 4 is 58.1 Å². The van der Waals surface area contributed by atoms with E-state index >= 15 is 0 Å². The molecule has 5 nitrogen and oxygen atoms in total. The lowest BCUT2D eigenvalue weighted by Gasteiger charge is -2.21. The SMILES string of the molecule is CCCOP(=S)(Nc1nnc(-c2ccc(Cl)cc2Cl)s1)OCCC. The molecule has 24 heavy (non-hydrogen) atoms. The molecule has 1 heterocycles. The molecule has 0 radical (unpaired) electrons. The van der Waals surface area contributed by atoms with Crippen molar-refractivity contribution in [1.82, 2.24) is 10.2 Å². The van der Waals surface area contributed by atoms with Crippen LogP contribution in [0, 0.1) is 0 Å². The van der Waals surface area contributed by atoms with Crippen LogP contribution in [0.4, 0.5) is 5.13 Å². The number of rotatable bonds is 9. The van der Waals surface area contributed by atoms with Crippen LogP contribution in [0.2, 0.25) is 10.0 Å². The smallest absolute Gasteiger partial charge is 0.289 e. The first-order valence-corrected chi connectivity index (χ1v) is 11.6. The van der Waals surface area contributed by atoms with E-state index in [1.165, 1.54) is 11.3 Å². The monoisotopic (exact) mass is 425 g/mol. The molecule has 0 spiro atoms. The fraction of sp³-hybridized carbons (Fsp3) is 0.429. The number of aromatic nitrogens is 2. The molecule has 0 aliphatic carbocycles. The van der Waals surface area contributed by atoms with Gasteiger partial charge < -0.3 is 9.05 Å². The number of anilines is 1. The fourth-order valence-corrected chi connectivity index (χ4v) is 5.62. The van der Waals surface area contributed by atoms with E-state index in [4.69, 9.17) is 44.1 Å². The molecule has 10 heteroatoms. The number of hydrogen-bond donors (Lipinski definition) is 1. The minimum atomic E-state index is -2.64. The van der Waals surface area contributed by atoms with Crippen LogP contribution >= 0.6 is 41.2 Å². The summed E-state index contributed by atoms with van der Waals surface area (Å²) >= 11 is 19.0. The third-order valence-electron chi connectivity index (χ3n) is 2.75. The summed E-state index contributed by atoms with van der Waals surface area (Å²) in [5.74, 6) is 0. The van der Waals surface area contributed by atoms with Crippen LogP contribution < -0.4 is 5.09 Å². The van der Waals surface area contributed by atoms with E-state index in [-0.39, 0.29) is 0 Å². The van der Waals surface area contributed by atoms with E-state index in [0.717, 1.165) is 18.4 Å². The highest BCUT2D eigenvalue weighted by molar-refractivity contribution is 8.10. The molecule has 0 fully saturated rings. The van der Waals surface area contributed by atoms with Gasteiger partial charge in [0.1, 0.15) is 0 Å². The Morgan fingerprint density at radius 3 is 2.42 bits per heavy atom. The van der Waals surface area contributed by atoms with Crippen molar-refractivity contribution in [3.05, 3.63) is 28.2 Å². The van der Waals surface area contributed by atoms with Crippen molar-refractivity contribution in [2.24, 2.45) is 0 Å². The summed E-state index contributed by atoms with van der Waals surface area (Å²) in [5.41, 5.74) is 0.767. The molecule has 0 aliphatic heterocycles. The third kappa shape index (κ3) is 5.63. The summed E-state index contributed by atoms with van der Waals surface area (Å²) in [7, 11) is 0. The maximum absolute atomic E-state index is 6.21. The zero-order valence-corrected chi connectivity index (χ0v) is 17.3. The van der Waals surface area contributed by atoms with Gasteiger partial charge in [-0.25, -0.2) is 0 Å². The lowest BCUT2D eigenvalue weighted by molar-refractivity contribution is 0.250. The minimum Gasteiger partial charge on any atom is -0.314 e. The summed E-state index contributed by atoms with van der Waals surface area (Å²) in [4.78, 5) is 0. The van der Waals surface area contributed by atoms with Crippen LogP contribution in [0.25, 0.3) is 10.6 Å². The Balaban J connectivity index is 2.17. The van der Waals surface area contributed by atoms with Crippen LogP contribution in [0.1, 0.15) is 26.7 Å². The van der Waals surface area contributed by atoms with Gasteiger partial charge in [0, 0.05) is 10.6 Å². The maximum atomic E-state index is 6.21. The second-order valence-corrected chi connectivity index (χ2v) is 9.81. The topological polar surface area (TPSA) is 56.3 Å². The number of nitrogens with zero attached hydrogens (tertiary/aromatic N) is 2. The van der Waals surface area contributed by atoms with E-state index < -0.39 is 6.64 Å². The van der Waals surface area contributed by atoms with Gasteiger partial charge in [-0.2, -0.15) is 0 Å². The summed E-state index contributed by atoms with van der Waals surface area (Å²) in [6.45, 7) is 2.46. The fourth-order valence-electron chi connectivity index (χ4n) is 1.68. The first-order chi connectivity index (χ1) is 11.5. The molecule has 0 amide bonds. The van der Waals surface area contributed by atoms with Crippen LogP contribution in [-0.4, -0.2) is 23.4 Å². The van der Waals surface area contributed by atoms with E-state index in [9.17, 15) is 0 Å². The second-order valence-electron chi connectivity index (χ2n) is 4.81. The first-order valence-electron chi connectivity index (χ1n) is 7.43. The number of hydrogen-bond acceptors (Lipinski definition) is 6. The van der Waals surface area contributed by atoms with Crippen molar-refractivity contribution < 1.29 is 9.05 Å². The normalized spacial score (nSPS) is 11.7. The molecule has 0 unspecified atom stereocenters. The van der Waals surface area contributed by atoms with Crippen molar-refractivity contribution in [2.75, 3.05) is 18.3 Å². The average Bonchev–Trinajstić information content (AvgIpc) is 2.99. The second kappa shape index (κ2) is 9.43. The Bertz CT molecular complexity index is 718. The third-order valence-corrected chi connectivity index (χ3v) is 6.76. The Morgan fingerprint density at radius 2 is 1.83 bits per heavy atom. The van der Waals surface area contributed by atoms with Gasteiger partial charge in [0.15, 0.2) is 5.01 Å². The predicted octanol–water partition coefficient (Wildman–Crippen LogP) is 6.00. The van der Waals surface area contributed by atoms with Crippen LogP contribution in [0.3, 0.4) is 0 Å². The molecular formula is C14H18Cl2N3O2PS2. The summed E-state index contributed by atoms with van der Waals surface area (Å²) in [5, 5.41) is 13.7. The van der Waals surface area contributed by atoms with E-state index in [0.29, 0.717) is 33.4 Å². The number of benzene rings is 1. The van der Waals surface area contributed by atoms with Crippen molar-refractivity contribution in [3.63, 3.8) is 0 Å². The molecule has 0 saturated heterocycles. The molecular weight excluding hydrogens is 408 g/mol. The quantitative estimate of drug-likeness (QED) is 0.497. The van der Waals surface area contributed by atoms with Gasteiger partial charge in [0.2, 0.25) is 5.13 Å². The molecule has 132 valence electrons. The average molecular weight is 426 g/mol. The summed E-state index contributed by atoms with van der Waals surface area (Å²) in [6, 6.07) is 5.24. The maximum Gasteiger partial charge on any atom is 0.289 e. The number of nitrogens with one attached hydrogen (secondary N) is 1. The van der Waals surface area contributed by atoms with Gasteiger partial charge >= 0.3 is 0 Å². The zero-order chi connectivity index (χ0) is 17.6. The summed E-state index contributed by atoms with van der Waals surface area (Å²) in [6.07, 6.45) is 1.72. The van der Waals surface area contributed by atoms with Crippen LogP contribution in [0.5, 0.6) is 0 Å². The Morgan fingerprint density at radius 1 is 1.17 bits per heavy atom. The van der Waals surface area contributed by atoms with Gasteiger partial charge in [-0.3, -0.25) is 5.09 Å². The Hall–Kier alpha value is -0.270. The lowest BCUT2D eigenvalue weighted by Crippen LogP contribution is -2.06. The van der Waals surface area contributed by atoms with Gasteiger partial charge in [0.25, 0.3) is 6.64 Å². The molecule has 0 atom stereocenters. The van der Waals surface area contributed by atoms with Gasteiger partial charge in [-0.15, -0.1) is 10.2 Å². The zero-order valence-electron chi connectivity index (χ0n) is 13.3. The van der Waals surface area contributed by atoms with Crippen molar-refractivity contribution in [3.8, 4) is 10.6 Å². The van der Waals surface area contributed by atoms with E-state index in [1.807, 2.05) is 19.9 Å². The largest absolute Gasteiger partial charge is 0.314 e. The number of halogens is 2. The molecule has 1 N–H and O–H groups in total. The van der Waals surface area contributed by atoms with Crippen molar-refractivity contribution in [2.45, 2.75) is 26.7 Å². The molecule has 1 aromatic heterocycles.